The van der Waals surface area contributed by atoms with Crippen molar-refractivity contribution in [3.8, 4) is 0 Å². The fraction of sp³-hybridized carbons (Fsp3) is 0.273. The maximum absolute atomic E-state index is 14.0. The molecule has 0 radical (unpaired) electrons. The molecule has 4 nitrogen and oxygen atoms in total. The van der Waals surface area contributed by atoms with Crippen molar-refractivity contribution < 1.29 is 18.9 Å². The van der Waals surface area contributed by atoms with E-state index in [0.717, 1.165) is 16.7 Å². The van der Waals surface area contributed by atoms with Crippen molar-refractivity contribution in [2.75, 3.05) is 12.8 Å². The lowest BCUT2D eigenvalue weighted by molar-refractivity contribution is -0.138. The predicted octanol–water partition coefficient (Wildman–Crippen LogP) is 4.56. The van der Waals surface area contributed by atoms with Crippen LogP contribution < -0.4 is 5.30 Å². The molecule has 0 saturated carbocycles. The van der Waals surface area contributed by atoms with Gasteiger partial charge in [-0.05, 0) is 38.8 Å². The molecule has 0 heterocycles. The van der Waals surface area contributed by atoms with E-state index in [2.05, 4.69) is 6.58 Å². The van der Waals surface area contributed by atoms with Crippen LogP contribution in [-0.2, 0) is 14.1 Å². The Morgan fingerprint density at radius 2 is 1.59 bits per heavy atom. The van der Waals surface area contributed by atoms with Gasteiger partial charge in [-0.1, -0.05) is 54.6 Å². The summed E-state index contributed by atoms with van der Waals surface area (Å²) in [5, 5.41) is 0.417. The number of benzene rings is 2. The normalized spacial score (nSPS) is 12.9. The standard InChI is InChI=1S/C22H25O4P/c1-6-26-21(23)18(5)14-27(25,19-10-8-7-9-11-19)22(24)20-16(3)12-15(2)13-17(20)4/h7-13H,5-6,14H2,1-4H3. The third-order valence-corrected chi connectivity index (χ3v) is 7.21. The number of rotatable bonds is 7. The number of hydrogen-bond acceptors (Lipinski definition) is 4. The smallest absolute Gasteiger partial charge is 0.333 e. The highest BCUT2D eigenvalue weighted by atomic mass is 31.2. The van der Waals surface area contributed by atoms with Crippen LogP contribution in [0.2, 0.25) is 0 Å². The van der Waals surface area contributed by atoms with E-state index in [9.17, 15) is 14.2 Å². The van der Waals surface area contributed by atoms with Gasteiger partial charge in [-0.2, -0.15) is 0 Å². The highest BCUT2D eigenvalue weighted by molar-refractivity contribution is 7.87. The molecule has 0 aromatic heterocycles. The zero-order chi connectivity index (χ0) is 20.2. The van der Waals surface area contributed by atoms with E-state index in [1.54, 1.807) is 37.3 Å². The van der Waals surface area contributed by atoms with E-state index in [1.807, 2.05) is 32.9 Å². The first kappa shape index (κ1) is 20.9. The summed E-state index contributed by atoms with van der Waals surface area (Å²) in [6.07, 6.45) is -0.235. The van der Waals surface area contributed by atoms with E-state index in [0.29, 0.717) is 10.9 Å². The Kier molecular flexibility index (Phi) is 6.56. The van der Waals surface area contributed by atoms with Gasteiger partial charge in [0, 0.05) is 22.6 Å². The van der Waals surface area contributed by atoms with Crippen LogP contribution in [0.15, 0.2) is 54.6 Å². The molecule has 0 aliphatic rings. The average molecular weight is 384 g/mol. The first-order chi connectivity index (χ1) is 12.7. The van der Waals surface area contributed by atoms with Gasteiger partial charge in [0.15, 0.2) is 7.14 Å². The van der Waals surface area contributed by atoms with Crippen molar-refractivity contribution in [1.29, 1.82) is 0 Å². The molecule has 2 aromatic rings. The third kappa shape index (κ3) is 4.45. The van der Waals surface area contributed by atoms with Crippen molar-refractivity contribution in [3.63, 3.8) is 0 Å². The van der Waals surface area contributed by atoms with E-state index < -0.39 is 18.6 Å². The van der Waals surface area contributed by atoms with Crippen LogP contribution in [0.25, 0.3) is 0 Å². The maximum atomic E-state index is 14.0. The Balaban J connectivity index is 2.57. The van der Waals surface area contributed by atoms with E-state index in [-0.39, 0.29) is 18.3 Å². The molecule has 0 saturated heterocycles. The molecule has 0 aliphatic heterocycles. The molecule has 0 N–H and O–H groups in total. The van der Waals surface area contributed by atoms with Crippen molar-refractivity contribution >= 4 is 23.9 Å². The van der Waals surface area contributed by atoms with Gasteiger partial charge in [0.05, 0.1) is 6.61 Å². The molecule has 2 rings (SSSR count). The minimum Gasteiger partial charge on any atom is -0.463 e. The number of aryl methyl sites for hydroxylation is 3. The van der Waals surface area contributed by atoms with Crippen LogP contribution in [0.4, 0.5) is 0 Å². The monoisotopic (exact) mass is 384 g/mol. The summed E-state index contributed by atoms with van der Waals surface area (Å²) < 4.78 is 19.0. The highest BCUT2D eigenvalue weighted by Gasteiger charge is 2.38. The SMILES string of the molecule is C=C(CP(=O)(C(=O)c1c(C)cc(C)cc1C)c1ccccc1)C(=O)OCC. The second kappa shape index (κ2) is 8.49. The lowest BCUT2D eigenvalue weighted by atomic mass is 10.0. The van der Waals surface area contributed by atoms with Crippen LogP contribution in [-0.4, -0.2) is 24.3 Å². The molecule has 1 atom stereocenters. The molecule has 5 heteroatoms. The second-order valence-corrected chi connectivity index (χ2v) is 9.35. The van der Waals surface area contributed by atoms with E-state index >= 15 is 0 Å². The highest BCUT2D eigenvalue weighted by Crippen LogP contribution is 2.50. The molecule has 0 spiro atoms. The predicted molar refractivity (Wildman–Crippen MR) is 109 cm³/mol. The largest absolute Gasteiger partial charge is 0.463 e. The maximum Gasteiger partial charge on any atom is 0.333 e. The number of ether oxygens (including phenoxy) is 1. The molecule has 0 aliphatic carbocycles. The molecule has 0 amide bonds. The van der Waals surface area contributed by atoms with Gasteiger partial charge in [0.25, 0.3) is 0 Å². The lowest BCUT2D eigenvalue weighted by Gasteiger charge is -2.21. The Morgan fingerprint density at radius 3 is 2.11 bits per heavy atom. The molecule has 27 heavy (non-hydrogen) atoms. The fourth-order valence-corrected chi connectivity index (χ4v) is 5.81. The summed E-state index contributed by atoms with van der Waals surface area (Å²) in [5.74, 6) is -0.626. The average Bonchev–Trinajstić information content (AvgIpc) is 2.61. The van der Waals surface area contributed by atoms with Gasteiger partial charge < -0.3 is 9.30 Å². The first-order valence-corrected chi connectivity index (χ1v) is 10.7. The number of carbonyl (C=O) groups is 2. The van der Waals surface area contributed by atoms with Gasteiger partial charge in [-0.3, -0.25) is 4.79 Å². The zero-order valence-electron chi connectivity index (χ0n) is 16.2. The quantitative estimate of drug-likeness (QED) is 0.399. The molecular formula is C22H25O4P. The first-order valence-electron chi connectivity index (χ1n) is 8.83. The van der Waals surface area contributed by atoms with Gasteiger partial charge in [0.1, 0.15) is 0 Å². The van der Waals surface area contributed by atoms with Crippen molar-refractivity contribution in [2.24, 2.45) is 0 Å². The van der Waals surface area contributed by atoms with Crippen molar-refractivity contribution in [2.45, 2.75) is 27.7 Å². The Morgan fingerprint density at radius 1 is 1.04 bits per heavy atom. The Bertz CT molecular complexity index is 906. The molecule has 2 aromatic carbocycles. The molecular weight excluding hydrogens is 359 g/mol. The van der Waals surface area contributed by atoms with Gasteiger partial charge in [-0.25, -0.2) is 4.79 Å². The van der Waals surface area contributed by atoms with Crippen molar-refractivity contribution in [3.05, 3.63) is 76.9 Å². The summed E-state index contributed by atoms with van der Waals surface area (Å²) in [6, 6.07) is 12.4. The van der Waals surface area contributed by atoms with Gasteiger partial charge in [-0.15, -0.1) is 0 Å². The number of esters is 1. The van der Waals surface area contributed by atoms with E-state index in [4.69, 9.17) is 4.74 Å². The summed E-state index contributed by atoms with van der Waals surface area (Å²) >= 11 is 0. The van der Waals surface area contributed by atoms with Gasteiger partial charge in [0.2, 0.25) is 5.52 Å². The van der Waals surface area contributed by atoms with Crippen LogP contribution in [0.5, 0.6) is 0 Å². The Labute approximate surface area is 160 Å². The van der Waals surface area contributed by atoms with Gasteiger partial charge >= 0.3 is 5.97 Å². The lowest BCUT2D eigenvalue weighted by Crippen LogP contribution is -2.21. The van der Waals surface area contributed by atoms with Crippen LogP contribution in [0.1, 0.15) is 34.0 Å². The minimum atomic E-state index is -3.63. The summed E-state index contributed by atoms with van der Waals surface area (Å²) in [5.41, 5.74) is 2.62. The topological polar surface area (TPSA) is 60.4 Å². The molecule has 1 unspecified atom stereocenters. The summed E-state index contributed by atoms with van der Waals surface area (Å²) in [4.78, 5) is 25.5. The molecule has 142 valence electrons. The number of hydrogen-bond donors (Lipinski definition) is 0. The summed E-state index contributed by atoms with van der Waals surface area (Å²) in [7, 11) is -3.63. The van der Waals surface area contributed by atoms with Crippen LogP contribution in [0, 0.1) is 20.8 Å². The molecule has 0 bridgehead atoms. The Hall–Kier alpha value is -2.45. The minimum absolute atomic E-state index is 0.0415. The fourth-order valence-electron chi connectivity index (χ4n) is 3.21. The van der Waals surface area contributed by atoms with E-state index in [1.165, 1.54) is 0 Å². The van der Waals surface area contributed by atoms with Crippen LogP contribution in [0.3, 0.4) is 0 Å². The second-order valence-electron chi connectivity index (χ2n) is 6.64. The third-order valence-electron chi connectivity index (χ3n) is 4.37. The number of carbonyl (C=O) groups excluding carboxylic acids is 2. The summed E-state index contributed by atoms with van der Waals surface area (Å²) in [6.45, 7) is 11.2. The zero-order valence-corrected chi connectivity index (χ0v) is 17.1. The molecule has 0 fully saturated rings. The van der Waals surface area contributed by atoms with Crippen LogP contribution >= 0.6 is 7.14 Å². The van der Waals surface area contributed by atoms with Crippen molar-refractivity contribution in [1.82, 2.24) is 0 Å².